The average molecular weight is 700 g/mol. The zero-order valence-electron chi connectivity index (χ0n) is 27.4. The molecule has 0 spiro atoms. The fraction of sp³-hybridized carbons (Fsp3) is 0.429. The van der Waals surface area contributed by atoms with Gasteiger partial charge in [-0.15, -0.1) is 0 Å². The Morgan fingerprint density at radius 1 is 1.06 bits per heavy atom. The third-order valence-corrected chi connectivity index (χ3v) is 8.59. The van der Waals surface area contributed by atoms with Crippen LogP contribution in [0.25, 0.3) is 0 Å². The van der Waals surface area contributed by atoms with E-state index in [4.69, 9.17) is 14.2 Å². The molecular weight excluding hydrogens is 659 g/mol. The molecule has 0 radical (unpaired) electrons. The number of hydrogen-bond donors (Lipinski definition) is 5. The Bertz CT molecular complexity index is 1610. The Hall–Kier alpha value is -4.73. The van der Waals surface area contributed by atoms with E-state index in [-0.39, 0.29) is 54.6 Å². The van der Waals surface area contributed by atoms with E-state index in [1.807, 2.05) is 0 Å². The van der Waals surface area contributed by atoms with Gasteiger partial charge in [0.1, 0.15) is 30.1 Å². The number of halogens is 3. The van der Waals surface area contributed by atoms with Gasteiger partial charge in [0.25, 0.3) is 0 Å². The summed E-state index contributed by atoms with van der Waals surface area (Å²) >= 11 is 0. The largest absolute Gasteiger partial charge is 0.465 e. The van der Waals surface area contributed by atoms with Gasteiger partial charge in [-0.2, -0.15) is 0 Å². The highest BCUT2D eigenvalue weighted by molar-refractivity contribution is 5.98. The standard InChI is InChI=1S/C35H40F3N5O7/c1-20-11-22(13-24(37)12-20)31(21-4-6-23(36)7-5-21)32(43-34(45)46)33(44)42-30-16-39-15-29(38)28(30)9-8-27-14-40-26(18-49-27)19-50-35(47)41-25-3-2-10-48-17-25/h4-7,11-13,15-16,25-27,31-32,40,43H,2-3,8-10,14,17-19H2,1H3,(H,41,47)(H,42,44)(H,45,46). The van der Waals surface area contributed by atoms with Gasteiger partial charge in [0.2, 0.25) is 5.91 Å². The lowest BCUT2D eigenvalue weighted by Crippen LogP contribution is -2.50. The first-order valence-electron chi connectivity index (χ1n) is 16.4. The highest BCUT2D eigenvalue weighted by Crippen LogP contribution is 2.31. The predicted molar refractivity (Wildman–Crippen MR) is 175 cm³/mol. The molecule has 5 rings (SSSR count). The molecule has 2 aromatic carbocycles. The average Bonchev–Trinajstić information content (AvgIpc) is 3.08. The van der Waals surface area contributed by atoms with Crippen molar-refractivity contribution in [1.29, 1.82) is 0 Å². The summed E-state index contributed by atoms with van der Waals surface area (Å²) < 4.78 is 60.2. The number of carbonyl (C=O) groups is 3. The van der Waals surface area contributed by atoms with Crippen LogP contribution >= 0.6 is 0 Å². The van der Waals surface area contributed by atoms with Gasteiger partial charge in [0.05, 0.1) is 49.5 Å². The molecule has 0 aliphatic carbocycles. The van der Waals surface area contributed by atoms with Crippen LogP contribution < -0.4 is 21.3 Å². The van der Waals surface area contributed by atoms with Crippen LogP contribution in [0.1, 0.15) is 47.4 Å². The van der Waals surface area contributed by atoms with Crippen molar-refractivity contribution in [2.45, 2.75) is 62.8 Å². The fourth-order valence-corrected chi connectivity index (χ4v) is 6.16. The number of amides is 3. The molecule has 2 saturated heterocycles. The third-order valence-electron chi connectivity index (χ3n) is 8.59. The van der Waals surface area contributed by atoms with E-state index >= 15 is 4.39 Å². The van der Waals surface area contributed by atoms with Crippen molar-refractivity contribution < 1.29 is 46.9 Å². The first kappa shape index (κ1) is 36.5. The van der Waals surface area contributed by atoms with Gasteiger partial charge in [-0.3, -0.25) is 9.78 Å². The van der Waals surface area contributed by atoms with E-state index in [0.717, 1.165) is 31.2 Å². The lowest BCUT2D eigenvalue weighted by atomic mass is 9.83. The second-order valence-electron chi connectivity index (χ2n) is 12.4. The highest BCUT2D eigenvalue weighted by Gasteiger charge is 2.34. The minimum Gasteiger partial charge on any atom is -0.465 e. The van der Waals surface area contributed by atoms with Crippen molar-refractivity contribution in [2.75, 3.05) is 38.3 Å². The number of carboxylic acid groups (broad SMARTS) is 1. The number of aromatic nitrogens is 1. The van der Waals surface area contributed by atoms with E-state index in [1.165, 1.54) is 30.5 Å². The van der Waals surface area contributed by atoms with E-state index < -0.39 is 47.5 Å². The van der Waals surface area contributed by atoms with Gasteiger partial charge in [-0.25, -0.2) is 22.8 Å². The predicted octanol–water partition coefficient (Wildman–Crippen LogP) is 4.41. The van der Waals surface area contributed by atoms with Crippen LogP contribution in [0.3, 0.4) is 0 Å². The van der Waals surface area contributed by atoms with Crippen LogP contribution in [0.4, 0.5) is 28.4 Å². The molecule has 0 saturated carbocycles. The number of alkyl carbamates (subject to hydrolysis) is 1. The van der Waals surface area contributed by atoms with Gasteiger partial charge in [0, 0.05) is 24.6 Å². The molecule has 2 aliphatic heterocycles. The summed E-state index contributed by atoms with van der Waals surface area (Å²) in [5.41, 5.74) is 1.27. The van der Waals surface area contributed by atoms with Crippen LogP contribution in [0.15, 0.2) is 54.9 Å². The molecule has 2 aliphatic rings. The molecule has 12 nitrogen and oxygen atoms in total. The molecule has 2 fully saturated rings. The maximum Gasteiger partial charge on any atom is 0.407 e. The first-order chi connectivity index (χ1) is 24.0. The van der Waals surface area contributed by atoms with E-state index in [2.05, 4.69) is 26.3 Å². The number of benzene rings is 2. The zero-order chi connectivity index (χ0) is 35.6. The minimum atomic E-state index is -1.54. The van der Waals surface area contributed by atoms with Gasteiger partial charge >= 0.3 is 12.2 Å². The molecule has 5 atom stereocenters. The molecule has 3 aromatic rings. The first-order valence-corrected chi connectivity index (χ1v) is 16.4. The second kappa shape index (κ2) is 17.3. The van der Waals surface area contributed by atoms with Gasteiger partial charge in [-0.05, 0) is 73.6 Å². The minimum absolute atomic E-state index is 0.0184. The topological polar surface area (TPSA) is 160 Å². The number of aryl methyl sites for hydroxylation is 1. The summed E-state index contributed by atoms with van der Waals surface area (Å²) in [7, 11) is 0. The number of pyridine rings is 1. The van der Waals surface area contributed by atoms with Crippen LogP contribution in [-0.2, 0) is 25.4 Å². The summed E-state index contributed by atoms with van der Waals surface area (Å²) in [6.07, 6.45) is 2.06. The molecular formula is C35H40F3N5O7. The third kappa shape index (κ3) is 10.2. The molecule has 50 heavy (non-hydrogen) atoms. The molecule has 268 valence electrons. The lowest BCUT2D eigenvalue weighted by Gasteiger charge is -2.30. The normalized spacial score (nSPS) is 20.3. The summed E-state index contributed by atoms with van der Waals surface area (Å²) in [6.45, 7) is 3.53. The molecule has 3 amide bonds. The number of anilines is 1. The zero-order valence-corrected chi connectivity index (χ0v) is 27.4. The molecule has 5 unspecified atom stereocenters. The summed E-state index contributed by atoms with van der Waals surface area (Å²) in [4.78, 5) is 41.8. The number of nitrogens with one attached hydrogen (secondary N) is 4. The molecule has 5 N–H and O–H groups in total. The summed E-state index contributed by atoms with van der Waals surface area (Å²) in [6, 6.07) is 7.28. The van der Waals surface area contributed by atoms with Crippen LogP contribution in [0.2, 0.25) is 0 Å². The van der Waals surface area contributed by atoms with Crippen LogP contribution in [0.5, 0.6) is 0 Å². The molecule has 3 heterocycles. The Morgan fingerprint density at radius 3 is 2.54 bits per heavy atom. The smallest absolute Gasteiger partial charge is 0.407 e. The van der Waals surface area contributed by atoms with Crippen molar-refractivity contribution in [3.8, 4) is 0 Å². The summed E-state index contributed by atoms with van der Waals surface area (Å²) in [5.74, 6) is -3.80. The van der Waals surface area contributed by atoms with Crippen molar-refractivity contribution in [1.82, 2.24) is 20.9 Å². The number of hydrogen-bond acceptors (Lipinski definition) is 8. The maximum atomic E-state index is 15.2. The van der Waals surface area contributed by atoms with E-state index in [0.29, 0.717) is 37.3 Å². The van der Waals surface area contributed by atoms with Crippen LogP contribution in [0, 0.1) is 24.4 Å². The number of ether oxygens (including phenoxy) is 3. The number of rotatable bonds is 12. The number of carbonyl (C=O) groups excluding carboxylic acids is 2. The maximum absolute atomic E-state index is 15.2. The van der Waals surface area contributed by atoms with Crippen molar-refractivity contribution in [3.63, 3.8) is 0 Å². The van der Waals surface area contributed by atoms with Crippen molar-refractivity contribution in [2.24, 2.45) is 0 Å². The number of nitrogens with zero attached hydrogens (tertiary/aromatic N) is 1. The van der Waals surface area contributed by atoms with Gasteiger partial charge in [-0.1, -0.05) is 18.2 Å². The summed E-state index contributed by atoms with van der Waals surface area (Å²) in [5, 5.41) is 20.6. The quantitative estimate of drug-likeness (QED) is 0.185. The lowest BCUT2D eigenvalue weighted by molar-refractivity contribution is -0.118. The van der Waals surface area contributed by atoms with Crippen LogP contribution in [-0.4, -0.2) is 85.4 Å². The Kier molecular flexibility index (Phi) is 12.6. The highest BCUT2D eigenvalue weighted by atomic mass is 19.1. The Labute approximate surface area is 287 Å². The van der Waals surface area contributed by atoms with Crippen molar-refractivity contribution in [3.05, 3.63) is 94.6 Å². The number of morpholine rings is 1. The van der Waals surface area contributed by atoms with E-state index in [9.17, 15) is 28.3 Å². The van der Waals surface area contributed by atoms with Gasteiger partial charge in [0.15, 0.2) is 0 Å². The van der Waals surface area contributed by atoms with Gasteiger partial charge < -0.3 is 40.6 Å². The molecule has 15 heteroatoms. The Balaban J connectivity index is 1.24. The molecule has 0 bridgehead atoms. The second-order valence-corrected chi connectivity index (χ2v) is 12.4. The van der Waals surface area contributed by atoms with Crippen molar-refractivity contribution >= 4 is 23.8 Å². The fourth-order valence-electron chi connectivity index (χ4n) is 6.16. The SMILES string of the molecule is Cc1cc(F)cc(C(c2ccc(F)cc2)C(NC(=O)O)C(=O)Nc2cncc(F)c2CCC2CNC(COC(=O)NC3CCCOC3)CO2)c1. The van der Waals surface area contributed by atoms with E-state index in [1.54, 1.807) is 13.0 Å². The Morgan fingerprint density at radius 2 is 1.86 bits per heavy atom. The monoisotopic (exact) mass is 699 g/mol. The molecule has 1 aromatic heterocycles.